The van der Waals surface area contributed by atoms with E-state index in [0.717, 1.165) is 10.9 Å². The molecule has 1 N–H and O–H groups in total. The van der Waals surface area contributed by atoms with Gasteiger partial charge in [0.25, 0.3) is 0 Å². The van der Waals surface area contributed by atoms with E-state index in [1.54, 1.807) is 6.20 Å². The molecule has 0 atom stereocenters. The largest absolute Gasteiger partial charge is 0.346 e. The van der Waals surface area contributed by atoms with Crippen LogP contribution in [0.4, 0.5) is 0 Å². The topological polar surface area (TPSA) is 45.8 Å². The highest BCUT2D eigenvalue weighted by molar-refractivity contribution is 5.90. The second-order valence-electron chi connectivity index (χ2n) is 3.42. The molecule has 2 heterocycles. The molecular formula is C12H8N2O. The molecule has 0 radical (unpaired) electrons. The summed E-state index contributed by atoms with van der Waals surface area (Å²) in [5, 5.41) is 1.62. The number of nitrogens with one attached hydrogen (secondary N) is 1. The van der Waals surface area contributed by atoms with E-state index in [0.29, 0.717) is 11.0 Å². The summed E-state index contributed by atoms with van der Waals surface area (Å²) in [4.78, 5) is 18.9. The summed E-state index contributed by atoms with van der Waals surface area (Å²) in [5.41, 5.74) is 1.54. The molecule has 3 aromatic rings. The molecule has 15 heavy (non-hydrogen) atoms. The number of fused-ring (bicyclic) bond motifs is 2. The Labute approximate surface area is 85.4 Å². The van der Waals surface area contributed by atoms with E-state index < -0.39 is 0 Å². The van der Waals surface area contributed by atoms with Crippen LogP contribution in [-0.2, 0) is 0 Å². The average Bonchev–Trinajstić information content (AvgIpc) is 2.27. The molecule has 0 unspecified atom stereocenters. The lowest BCUT2D eigenvalue weighted by Crippen LogP contribution is -2.01. The Morgan fingerprint density at radius 1 is 1.13 bits per heavy atom. The van der Waals surface area contributed by atoms with Gasteiger partial charge < -0.3 is 4.98 Å². The maximum atomic E-state index is 11.6. The van der Waals surface area contributed by atoms with Crippen LogP contribution < -0.4 is 5.43 Å². The molecule has 0 saturated heterocycles. The van der Waals surface area contributed by atoms with Gasteiger partial charge in [-0.3, -0.25) is 4.79 Å². The van der Waals surface area contributed by atoms with Crippen molar-refractivity contribution < 1.29 is 0 Å². The van der Waals surface area contributed by atoms with Crippen LogP contribution >= 0.6 is 0 Å². The number of para-hydroxylation sites is 1. The highest BCUT2D eigenvalue weighted by atomic mass is 16.1. The van der Waals surface area contributed by atoms with E-state index >= 15 is 0 Å². The monoisotopic (exact) mass is 196 g/mol. The Morgan fingerprint density at radius 2 is 2.00 bits per heavy atom. The Hall–Kier alpha value is -2.16. The Morgan fingerprint density at radius 3 is 2.93 bits per heavy atom. The van der Waals surface area contributed by atoms with Crippen molar-refractivity contribution in [1.29, 1.82) is 0 Å². The Balaban J connectivity index is 2.59. The highest BCUT2D eigenvalue weighted by Gasteiger charge is 2.01. The zero-order chi connectivity index (χ0) is 10.3. The summed E-state index contributed by atoms with van der Waals surface area (Å²) in [6.45, 7) is 0. The molecule has 0 fully saturated rings. The first-order chi connectivity index (χ1) is 7.34. The van der Waals surface area contributed by atoms with Gasteiger partial charge in [0.05, 0.1) is 10.9 Å². The van der Waals surface area contributed by atoms with Crippen molar-refractivity contribution in [2.45, 2.75) is 0 Å². The smallest absolute Gasteiger partial charge is 0.191 e. The van der Waals surface area contributed by atoms with E-state index in [9.17, 15) is 4.79 Å². The molecule has 1 aromatic carbocycles. The van der Waals surface area contributed by atoms with E-state index in [2.05, 4.69) is 9.97 Å². The number of aromatic nitrogens is 2. The highest BCUT2D eigenvalue weighted by Crippen LogP contribution is 2.14. The van der Waals surface area contributed by atoms with Gasteiger partial charge in [0.2, 0.25) is 0 Å². The van der Waals surface area contributed by atoms with Crippen LogP contribution in [0.15, 0.2) is 47.4 Å². The molecule has 3 heteroatoms. The molecule has 0 aliphatic heterocycles. The van der Waals surface area contributed by atoms with Crippen LogP contribution in [-0.4, -0.2) is 9.97 Å². The van der Waals surface area contributed by atoms with Crippen molar-refractivity contribution in [1.82, 2.24) is 9.97 Å². The third-order valence-electron chi connectivity index (χ3n) is 2.44. The number of pyridine rings is 2. The van der Waals surface area contributed by atoms with Crippen LogP contribution in [0.2, 0.25) is 0 Å². The van der Waals surface area contributed by atoms with Crippen LogP contribution in [0.3, 0.4) is 0 Å². The second-order valence-corrected chi connectivity index (χ2v) is 3.42. The first kappa shape index (κ1) is 8.17. The number of aromatic amines is 1. The fourth-order valence-electron chi connectivity index (χ4n) is 1.70. The third kappa shape index (κ3) is 1.21. The summed E-state index contributed by atoms with van der Waals surface area (Å²) in [7, 11) is 0. The predicted octanol–water partition coefficient (Wildman–Crippen LogP) is 2.08. The minimum Gasteiger partial charge on any atom is -0.346 e. The molecule has 0 saturated carbocycles. The maximum absolute atomic E-state index is 11.6. The van der Waals surface area contributed by atoms with Crippen LogP contribution in [0.25, 0.3) is 21.9 Å². The number of benzene rings is 1. The van der Waals surface area contributed by atoms with Gasteiger partial charge in [0.15, 0.2) is 5.43 Å². The van der Waals surface area contributed by atoms with Gasteiger partial charge in [0, 0.05) is 17.6 Å². The summed E-state index contributed by atoms with van der Waals surface area (Å²) >= 11 is 0. The zero-order valence-electron chi connectivity index (χ0n) is 7.90. The molecular weight excluding hydrogens is 188 g/mol. The summed E-state index contributed by atoms with van der Waals surface area (Å²) in [5.74, 6) is 0. The van der Waals surface area contributed by atoms with Crippen molar-refractivity contribution in [3.63, 3.8) is 0 Å². The van der Waals surface area contributed by atoms with Crippen molar-refractivity contribution >= 4 is 21.9 Å². The quantitative estimate of drug-likeness (QED) is 0.559. The van der Waals surface area contributed by atoms with E-state index in [1.165, 1.54) is 6.07 Å². The molecule has 72 valence electrons. The van der Waals surface area contributed by atoms with Crippen molar-refractivity contribution in [3.05, 3.63) is 52.8 Å². The number of hydrogen-bond donors (Lipinski definition) is 1. The maximum Gasteiger partial charge on any atom is 0.191 e. The summed E-state index contributed by atoms with van der Waals surface area (Å²) in [6, 6.07) is 11.1. The van der Waals surface area contributed by atoms with Gasteiger partial charge in [-0.1, -0.05) is 18.2 Å². The number of nitrogens with zero attached hydrogens (tertiary/aromatic N) is 1. The van der Waals surface area contributed by atoms with E-state index in [-0.39, 0.29) is 5.43 Å². The number of rotatable bonds is 0. The fraction of sp³-hybridized carbons (Fsp3) is 0. The SMILES string of the molecule is O=c1cc[nH]c2nc3ccccc3cc12. The normalized spacial score (nSPS) is 10.9. The molecule has 0 amide bonds. The Kier molecular flexibility index (Phi) is 1.59. The van der Waals surface area contributed by atoms with Gasteiger partial charge in [-0.05, 0) is 12.1 Å². The van der Waals surface area contributed by atoms with Crippen LogP contribution in [0.5, 0.6) is 0 Å². The van der Waals surface area contributed by atoms with Crippen molar-refractivity contribution in [2.75, 3.05) is 0 Å². The lowest BCUT2D eigenvalue weighted by atomic mass is 10.2. The fourth-order valence-corrected chi connectivity index (χ4v) is 1.70. The van der Waals surface area contributed by atoms with Gasteiger partial charge in [-0.2, -0.15) is 0 Å². The lowest BCUT2D eigenvalue weighted by molar-refractivity contribution is 1.31. The first-order valence-electron chi connectivity index (χ1n) is 4.72. The average molecular weight is 196 g/mol. The van der Waals surface area contributed by atoms with Crippen molar-refractivity contribution in [2.24, 2.45) is 0 Å². The number of hydrogen-bond acceptors (Lipinski definition) is 2. The predicted molar refractivity (Wildman–Crippen MR) is 59.9 cm³/mol. The minimum atomic E-state index is 0.00185. The Bertz CT molecular complexity index is 700. The third-order valence-corrected chi connectivity index (χ3v) is 2.44. The molecule has 0 aliphatic carbocycles. The first-order valence-corrected chi connectivity index (χ1v) is 4.72. The summed E-state index contributed by atoms with van der Waals surface area (Å²) < 4.78 is 0. The van der Waals surface area contributed by atoms with Gasteiger partial charge in [-0.25, -0.2) is 4.98 Å². The van der Waals surface area contributed by atoms with Gasteiger partial charge >= 0.3 is 0 Å². The molecule has 0 aliphatic rings. The van der Waals surface area contributed by atoms with E-state index in [4.69, 9.17) is 0 Å². The molecule has 3 nitrogen and oxygen atoms in total. The number of H-pyrrole nitrogens is 1. The zero-order valence-corrected chi connectivity index (χ0v) is 7.90. The molecule has 0 spiro atoms. The van der Waals surface area contributed by atoms with Crippen LogP contribution in [0.1, 0.15) is 0 Å². The molecule has 3 rings (SSSR count). The second kappa shape index (κ2) is 2.92. The standard InChI is InChI=1S/C12H8N2O/c15-11-5-6-13-12-9(11)7-8-3-1-2-4-10(8)14-12/h1-7H,(H,13,14,15). The minimum absolute atomic E-state index is 0.00185. The molecule has 0 bridgehead atoms. The van der Waals surface area contributed by atoms with Crippen molar-refractivity contribution in [3.8, 4) is 0 Å². The van der Waals surface area contributed by atoms with Gasteiger partial charge in [0.1, 0.15) is 5.65 Å². The molecule has 2 aromatic heterocycles. The lowest BCUT2D eigenvalue weighted by Gasteiger charge is -1.99. The summed E-state index contributed by atoms with van der Waals surface area (Å²) in [6.07, 6.45) is 1.62. The van der Waals surface area contributed by atoms with Crippen LogP contribution in [0, 0.1) is 0 Å². The van der Waals surface area contributed by atoms with E-state index in [1.807, 2.05) is 30.3 Å². The van der Waals surface area contributed by atoms with Gasteiger partial charge in [-0.15, -0.1) is 0 Å².